The predicted molar refractivity (Wildman–Crippen MR) is 101 cm³/mol. The van der Waals surface area contributed by atoms with E-state index in [2.05, 4.69) is 10.8 Å². The molecule has 0 saturated carbocycles. The third-order valence-corrected chi connectivity index (χ3v) is 5.62. The molecule has 0 saturated heterocycles. The van der Waals surface area contributed by atoms with Crippen molar-refractivity contribution in [2.45, 2.75) is 77.9 Å². The normalized spacial score (nSPS) is 17.2. The van der Waals surface area contributed by atoms with Crippen molar-refractivity contribution in [2.75, 3.05) is 0 Å². The van der Waals surface area contributed by atoms with Crippen molar-refractivity contribution in [2.24, 2.45) is 0 Å². The first-order chi connectivity index (χ1) is 11.4. The van der Waals surface area contributed by atoms with Crippen LogP contribution in [0.25, 0.3) is 0 Å². The average Bonchev–Trinajstić information content (AvgIpc) is 2.87. The fourth-order valence-corrected chi connectivity index (χ4v) is 3.36. The predicted octanol–water partition coefficient (Wildman–Crippen LogP) is 4.05. The minimum Gasteiger partial charge on any atom is -0.444 e. The van der Waals surface area contributed by atoms with Crippen LogP contribution < -0.4 is 4.72 Å². The number of carbonyl (C=O) groups excluding carboxylic acids is 1. The van der Waals surface area contributed by atoms with E-state index < -0.39 is 16.6 Å². The first kappa shape index (κ1) is 19.9. The highest BCUT2D eigenvalue weighted by atomic mass is 32.2. The van der Waals surface area contributed by atoms with Crippen LogP contribution in [0.5, 0.6) is 0 Å². The van der Waals surface area contributed by atoms with Crippen LogP contribution in [0.4, 0.5) is 4.79 Å². The van der Waals surface area contributed by atoms with Crippen LogP contribution in [0, 0.1) is 0 Å². The number of ether oxygens (including phenoxy) is 1. The smallest absolute Gasteiger partial charge is 0.410 e. The zero-order valence-corrected chi connectivity index (χ0v) is 17.1. The second-order valence-corrected chi connectivity index (χ2v) is 10.6. The molecule has 0 bridgehead atoms. The highest BCUT2D eigenvalue weighted by Gasteiger charge is 2.28. The van der Waals surface area contributed by atoms with E-state index in [1.54, 1.807) is 4.90 Å². The summed E-state index contributed by atoms with van der Waals surface area (Å²) in [4.78, 5) is 14.0. The summed E-state index contributed by atoms with van der Waals surface area (Å²) in [6.45, 7) is 14.6. The molecule has 0 aromatic heterocycles. The SMILES string of the molecule is C[C@@H](N[S@@](=O)C(C)(C)C)c1ccc2c(c1)CN(C(=O)OC(C)(C)C)C2. The Hall–Kier alpha value is -1.40. The van der Waals surface area contributed by atoms with Crippen LogP contribution in [-0.2, 0) is 28.8 Å². The minimum absolute atomic E-state index is 0.0269. The first-order valence-corrected chi connectivity index (χ1v) is 9.79. The monoisotopic (exact) mass is 366 g/mol. The van der Waals surface area contributed by atoms with Crippen molar-refractivity contribution < 1.29 is 13.7 Å². The molecule has 0 spiro atoms. The lowest BCUT2D eigenvalue weighted by atomic mass is 10.0. The van der Waals surface area contributed by atoms with Crippen LogP contribution in [0.15, 0.2) is 18.2 Å². The van der Waals surface area contributed by atoms with Gasteiger partial charge in [-0.3, -0.25) is 4.90 Å². The van der Waals surface area contributed by atoms with Crippen LogP contribution in [-0.4, -0.2) is 25.6 Å². The maximum atomic E-state index is 12.3. The number of carbonyl (C=O) groups is 1. The van der Waals surface area contributed by atoms with Gasteiger partial charge in [0.2, 0.25) is 0 Å². The number of benzene rings is 1. The number of fused-ring (bicyclic) bond motifs is 1. The molecule has 1 aromatic rings. The van der Waals surface area contributed by atoms with Gasteiger partial charge < -0.3 is 4.74 Å². The van der Waals surface area contributed by atoms with Gasteiger partial charge in [-0.2, -0.15) is 0 Å². The summed E-state index contributed by atoms with van der Waals surface area (Å²) in [6, 6.07) is 6.15. The molecule has 1 aliphatic rings. The average molecular weight is 367 g/mol. The molecule has 0 fully saturated rings. The number of amides is 1. The first-order valence-electron chi connectivity index (χ1n) is 8.64. The Morgan fingerprint density at radius 2 is 1.76 bits per heavy atom. The molecule has 1 heterocycles. The summed E-state index contributed by atoms with van der Waals surface area (Å²) >= 11 is 0. The molecule has 140 valence electrons. The van der Waals surface area contributed by atoms with E-state index in [9.17, 15) is 9.00 Å². The molecule has 5 nitrogen and oxygen atoms in total. The van der Waals surface area contributed by atoms with Crippen LogP contribution in [0.1, 0.15) is 71.2 Å². The zero-order chi connectivity index (χ0) is 19.0. The molecule has 1 aromatic carbocycles. The van der Waals surface area contributed by atoms with Gasteiger partial charge in [-0.15, -0.1) is 0 Å². The number of nitrogens with zero attached hydrogens (tertiary/aromatic N) is 1. The number of nitrogens with one attached hydrogen (secondary N) is 1. The highest BCUT2D eigenvalue weighted by molar-refractivity contribution is 7.84. The molecule has 1 N–H and O–H groups in total. The lowest BCUT2D eigenvalue weighted by Crippen LogP contribution is -2.34. The van der Waals surface area contributed by atoms with Crippen molar-refractivity contribution in [3.8, 4) is 0 Å². The van der Waals surface area contributed by atoms with Gasteiger partial charge in [0, 0.05) is 19.1 Å². The molecular weight excluding hydrogens is 336 g/mol. The second kappa shape index (κ2) is 7.08. The second-order valence-electron chi connectivity index (χ2n) is 8.59. The molecule has 2 atom stereocenters. The maximum absolute atomic E-state index is 12.3. The van der Waals surface area contributed by atoms with Gasteiger partial charge in [-0.25, -0.2) is 13.7 Å². The number of rotatable bonds is 3. The third kappa shape index (κ3) is 5.28. The number of hydrogen-bond acceptors (Lipinski definition) is 3. The summed E-state index contributed by atoms with van der Waals surface area (Å²) in [6.07, 6.45) is -0.287. The summed E-state index contributed by atoms with van der Waals surface area (Å²) in [5, 5.41) is 0. The zero-order valence-electron chi connectivity index (χ0n) is 16.3. The van der Waals surface area contributed by atoms with Gasteiger partial charge in [0.1, 0.15) is 5.60 Å². The molecule has 0 radical (unpaired) electrons. The van der Waals surface area contributed by atoms with Crippen molar-refractivity contribution in [1.82, 2.24) is 9.62 Å². The van der Waals surface area contributed by atoms with E-state index >= 15 is 0 Å². The molecule has 1 aliphatic heterocycles. The molecule has 1 amide bonds. The summed E-state index contributed by atoms with van der Waals surface area (Å²) in [5.74, 6) is 0. The Labute approximate surface area is 153 Å². The van der Waals surface area contributed by atoms with Gasteiger partial charge in [0.15, 0.2) is 0 Å². The Morgan fingerprint density at radius 3 is 2.32 bits per heavy atom. The van der Waals surface area contributed by atoms with Gasteiger partial charge in [0.05, 0.1) is 15.7 Å². The quantitative estimate of drug-likeness (QED) is 0.878. The Balaban J connectivity index is 2.07. The largest absolute Gasteiger partial charge is 0.444 e. The van der Waals surface area contributed by atoms with E-state index in [-0.39, 0.29) is 16.9 Å². The third-order valence-electron chi connectivity index (χ3n) is 3.94. The fourth-order valence-electron chi connectivity index (χ4n) is 2.54. The number of hydrogen-bond donors (Lipinski definition) is 1. The Kier molecular flexibility index (Phi) is 5.64. The van der Waals surface area contributed by atoms with Crippen molar-refractivity contribution >= 4 is 17.1 Å². The van der Waals surface area contributed by atoms with E-state index in [1.165, 1.54) is 0 Å². The molecule has 0 aliphatic carbocycles. The van der Waals surface area contributed by atoms with Gasteiger partial charge >= 0.3 is 6.09 Å². The van der Waals surface area contributed by atoms with Gasteiger partial charge in [0.25, 0.3) is 0 Å². The van der Waals surface area contributed by atoms with Gasteiger partial charge in [-0.1, -0.05) is 18.2 Å². The molecule has 6 heteroatoms. The Bertz CT molecular complexity index is 674. The highest BCUT2D eigenvalue weighted by Crippen LogP contribution is 2.28. The maximum Gasteiger partial charge on any atom is 0.410 e. The molecule has 2 rings (SSSR count). The summed E-state index contributed by atoms with van der Waals surface area (Å²) in [7, 11) is -1.13. The Morgan fingerprint density at radius 1 is 1.16 bits per heavy atom. The molecular formula is C19H30N2O3S. The topological polar surface area (TPSA) is 58.6 Å². The fraction of sp³-hybridized carbons (Fsp3) is 0.632. The molecule has 25 heavy (non-hydrogen) atoms. The van der Waals surface area contributed by atoms with E-state index in [0.717, 1.165) is 16.7 Å². The summed E-state index contributed by atoms with van der Waals surface area (Å²) < 4.78 is 20.6. The van der Waals surface area contributed by atoms with Crippen LogP contribution >= 0.6 is 0 Å². The van der Waals surface area contributed by atoms with Crippen molar-refractivity contribution in [3.63, 3.8) is 0 Å². The minimum atomic E-state index is -1.13. The lowest BCUT2D eigenvalue weighted by Gasteiger charge is -2.24. The molecule has 0 unspecified atom stereocenters. The van der Waals surface area contributed by atoms with Crippen molar-refractivity contribution in [3.05, 3.63) is 34.9 Å². The van der Waals surface area contributed by atoms with Crippen LogP contribution in [0.2, 0.25) is 0 Å². The van der Waals surface area contributed by atoms with Crippen molar-refractivity contribution in [1.29, 1.82) is 0 Å². The van der Waals surface area contributed by atoms with E-state index in [0.29, 0.717) is 13.1 Å². The van der Waals surface area contributed by atoms with Gasteiger partial charge in [-0.05, 0) is 65.2 Å². The standard InChI is InChI=1S/C19H30N2O3S/c1-13(20-25(23)19(5,6)7)14-8-9-15-11-21(12-16(15)10-14)17(22)24-18(2,3)4/h8-10,13,20H,11-12H2,1-7H3/t13-,25+/m1/s1. The summed E-state index contributed by atoms with van der Waals surface area (Å²) in [5.41, 5.74) is 2.84. The lowest BCUT2D eigenvalue weighted by molar-refractivity contribution is 0.0242. The van der Waals surface area contributed by atoms with Crippen LogP contribution in [0.3, 0.4) is 0 Å². The van der Waals surface area contributed by atoms with E-state index in [4.69, 9.17) is 4.74 Å². The van der Waals surface area contributed by atoms with E-state index in [1.807, 2.05) is 60.6 Å².